The Balaban J connectivity index is 2.41. The normalized spacial score (nSPS) is 12.4. The highest BCUT2D eigenvalue weighted by Gasteiger charge is 2.13. The third-order valence-corrected chi connectivity index (χ3v) is 3.38. The summed E-state index contributed by atoms with van der Waals surface area (Å²) < 4.78 is 14.2. The van der Waals surface area contributed by atoms with Gasteiger partial charge in [-0.25, -0.2) is 4.39 Å². The first-order valence-electron chi connectivity index (χ1n) is 5.80. The molecule has 0 heterocycles. The molecule has 0 aliphatic heterocycles. The second-order valence-corrected chi connectivity index (χ2v) is 5.25. The Morgan fingerprint density at radius 1 is 1.06 bits per heavy atom. The summed E-state index contributed by atoms with van der Waals surface area (Å²) in [6.45, 7) is 2.05. The van der Waals surface area contributed by atoms with Crippen LogP contribution in [-0.2, 0) is 0 Å². The summed E-state index contributed by atoms with van der Waals surface area (Å²) in [7, 11) is 1.88. The number of rotatable bonds is 3. The number of nitrogens with one attached hydrogen (secondary N) is 1. The van der Waals surface area contributed by atoms with Gasteiger partial charge in [-0.3, -0.25) is 0 Å². The van der Waals surface area contributed by atoms with Gasteiger partial charge in [0.1, 0.15) is 5.82 Å². The molecule has 94 valence electrons. The molecule has 0 amide bonds. The van der Waals surface area contributed by atoms with E-state index < -0.39 is 0 Å². The first-order valence-corrected chi connectivity index (χ1v) is 6.59. The molecule has 2 aromatic carbocycles. The molecule has 0 aliphatic carbocycles. The largest absolute Gasteiger partial charge is 0.309 e. The van der Waals surface area contributed by atoms with Crippen molar-refractivity contribution >= 4 is 15.9 Å². The van der Waals surface area contributed by atoms with Crippen molar-refractivity contribution in [3.63, 3.8) is 0 Å². The first kappa shape index (κ1) is 13.2. The van der Waals surface area contributed by atoms with Gasteiger partial charge in [0, 0.05) is 4.47 Å². The molecule has 1 unspecified atom stereocenters. The second kappa shape index (κ2) is 5.63. The molecule has 1 atom stereocenters. The molecule has 0 radical (unpaired) electrons. The fraction of sp³-hybridized carbons (Fsp3) is 0.200. The number of benzene rings is 2. The smallest absolute Gasteiger partial charge is 0.124 e. The monoisotopic (exact) mass is 307 g/mol. The number of hydrogen-bond acceptors (Lipinski definition) is 1. The summed E-state index contributed by atoms with van der Waals surface area (Å²) in [5.74, 6) is -0.230. The molecule has 18 heavy (non-hydrogen) atoms. The van der Waals surface area contributed by atoms with Crippen molar-refractivity contribution in [1.82, 2.24) is 5.32 Å². The molecule has 0 aliphatic rings. The summed E-state index contributed by atoms with van der Waals surface area (Å²) in [6.07, 6.45) is 0. The molecule has 0 spiro atoms. The van der Waals surface area contributed by atoms with Gasteiger partial charge in [-0.15, -0.1) is 0 Å². The Kier molecular flexibility index (Phi) is 4.15. The number of aryl methyl sites for hydroxylation is 1. The first-order chi connectivity index (χ1) is 8.60. The SMILES string of the molecule is CNC(c1ccc(C)cc1)c1cc(F)cc(Br)c1. The van der Waals surface area contributed by atoms with E-state index in [1.54, 1.807) is 6.07 Å². The summed E-state index contributed by atoms with van der Waals surface area (Å²) in [5.41, 5.74) is 3.25. The van der Waals surface area contributed by atoms with Crippen molar-refractivity contribution in [2.45, 2.75) is 13.0 Å². The van der Waals surface area contributed by atoms with E-state index in [-0.39, 0.29) is 11.9 Å². The molecule has 0 aromatic heterocycles. The summed E-state index contributed by atoms with van der Waals surface area (Å²) in [6, 6.07) is 13.2. The van der Waals surface area contributed by atoms with Crippen molar-refractivity contribution in [2.24, 2.45) is 0 Å². The average molecular weight is 308 g/mol. The molecule has 1 N–H and O–H groups in total. The minimum absolute atomic E-state index is 0.00222. The molecule has 2 aromatic rings. The average Bonchev–Trinajstić information content (AvgIpc) is 2.31. The Morgan fingerprint density at radius 3 is 2.28 bits per heavy atom. The Bertz CT molecular complexity index is 516. The van der Waals surface area contributed by atoms with Gasteiger partial charge in [0.25, 0.3) is 0 Å². The fourth-order valence-corrected chi connectivity index (χ4v) is 2.51. The lowest BCUT2D eigenvalue weighted by Gasteiger charge is -2.18. The van der Waals surface area contributed by atoms with Gasteiger partial charge in [-0.05, 0) is 43.3 Å². The van der Waals surface area contributed by atoms with Gasteiger partial charge in [0.05, 0.1) is 6.04 Å². The Morgan fingerprint density at radius 2 is 1.72 bits per heavy atom. The van der Waals surface area contributed by atoms with Crippen LogP contribution in [0.4, 0.5) is 4.39 Å². The Hall–Kier alpha value is -1.19. The standard InChI is InChI=1S/C15H15BrFN/c1-10-3-5-11(6-4-10)15(18-2)12-7-13(16)9-14(17)8-12/h3-9,15,18H,1-2H3. The topological polar surface area (TPSA) is 12.0 Å². The molecule has 0 saturated heterocycles. The van der Waals surface area contributed by atoms with Crippen molar-refractivity contribution in [3.05, 3.63) is 69.4 Å². The van der Waals surface area contributed by atoms with E-state index in [0.717, 1.165) is 15.6 Å². The van der Waals surface area contributed by atoms with Gasteiger partial charge >= 0.3 is 0 Å². The molecule has 1 nitrogen and oxygen atoms in total. The Labute approximate surface area is 115 Å². The quantitative estimate of drug-likeness (QED) is 0.896. The van der Waals surface area contributed by atoms with E-state index in [9.17, 15) is 4.39 Å². The van der Waals surface area contributed by atoms with Crippen LogP contribution in [-0.4, -0.2) is 7.05 Å². The zero-order valence-corrected chi connectivity index (χ0v) is 12.0. The fourth-order valence-electron chi connectivity index (χ4n) is 2.03. The molecule has 0 saturated carbocycles. The van der Waals surface area contributed by atoms with E-state index in [1.165, 1.54) is 11.6 Å². The van der Waals surface area contributed by atoms with Crippen LogP contribution >= 0.6 is 15.9 Å². The van der Waals surface area contributed by atoms with E-state index in [2.05, 4.69) is 52.4 Å². The van der Waals surface area contributed by atoms with Crippen LogP contribution in [0.1, 0.15) is 22.7 Å². The lowest BCUT2D eigenvalue weighted by Crippen LogP contribution is -2.17. The van der Waals surface area contributed by atoms with Crippen molar-refractivity contribution in [1.29, 1.82) is 0 Å². The third-order valence-electron chi connectivity index (χ3n) is 2.92. The van der Waals surface area contributed by atoms with Gasteiger partial charge in [0.15, 0.2) is 0 Å². The van der Waals surface area contributed by atoms with Crippen LogP contribution in [0.2, 0.25) is 0 Å². The lowest BCUT2D eigenvalue weighted by molar-refractivity contribution is 0.615. The maximum atomic E-state index is 13.4. The predicted molar refractivity (Wildman–Crippen MR) is 76.2 cm³/mol. The summed E-state index contributed by atoms with van der Waals surface area (Å²) in [5, 5.41) is 3.22. The van der Waals surface area contributed by atoms with Crippen molar-refractivity contribution in [3.8, 4) is 0 Å². The lowest BCUT2D eigenvalue weighted by atomic mass is 9.98. The highest BCUT2D eigenvalue weighted by molar-refractivity contribution is 9.10. The van der Waals surface area contributed by atoms with Gasteiger partial charge in [-0.2, -0.15) is 0 Å². The highest BCUT2D eigenvalue weighted by Crippen LogP contribution is 2.25. The third kappa shape index (κ3) is 2.98. The van der Waals surface area contributed by atoms with Gasteiger partial charge < -0.3 is 5.32 Å². The zero-order valence-electron chi connectivity index (χ0n) is 10.4. The molecule has 3 heteroatoms. The predicted octanol–water partition coefficient (Wildman–Crippen LogP) is 4.21. The van der Waals surface area contributed by atoms with E-state index in [1.807, 2.05) is 13.1 Å². The van der Waals surface area contributed by atoms with Crippen LogP contribution in [0.25, 0.3) is 0 Å². The molecule has 0 fully saturated rings. The molecule has 2 rings (SSSR count). The molecule has 0 bridgehead atoms. The summed E-state index contributed by atoms with van der Waals surface area (Å²) >= 11 is 3.33. The van der Waals surface area contributed by atoms with Crippen LogP contribution in [0, 0.1) is 12.7 Å². The molecular weight excluding hydrogens is 293 g/mol. The van der Waals surface area contributed by atoms with Gasteiger partial charge in [-0.1, -0.05) is 45.8 Å². The van der Waals surface area contributed by atoms with Gasteiger partial charge in [0.2, 0.25) is 0 Å². The van der Waals surface area contributed by atoms with E-state index in [0.29, 0.717) is 0 Å². The maximum Gasteiger partial charge on any atom is 0.124 e. The summed E-state index contributed by atoms with van der Waals surface area (Å²) in [4.78, 5) is 0. The minimum atomic E-state index is -0.230. The van der Waals surface area contributed by atoms with E-state index >= 15 is 0 Å². The van der Waals surface area contributed by atoms with Crippen LogP contribution in [0.5, 0.6) is 0 Å². The minimum Gasteiger partial charge on any atom is -0.309 e. The van der Waals surface area contributed by atoms with Crippen molar-refractivity contribution < 1.29 is 4.39 Å². The van der Waals surface area contributed by atoms with Crippen molar-refractivity contribution in [2.75, 3.05) is 7.05 Å². The van der Waals surface area contributed by atoms with Crippen LogP contribution < -0.4 is 5.32 Å². The van der Waals surface area contributed by atoms with Crippen LogP contribution in [0.15, 0.2) is 46.9 Å². The second-order valence-electron chi connectivity index (χ2n) is 4.34. The van der Waals surface area contributed by atoms with Crippen LogP contribution in [0.3, 0.4) is 0 Å². The number of hydrogen-bond donors (Lipinski definition) is 1. The maximum absolute atomic E-state index is 13.4. The molecular formula is C15H15BrFN. The number of halogens is 2. The van der Waals surface area contributed by atoms with E-state index in [4.69, 9.17) is 0 Å². The highest BCUT2D eigenvalue weighted by atomic mass is 79.9. The zero-order chi connectivity index (χ0) is 13.1.